The molecule has 0 bridgehead atoms. The third-order valence-corrected chi connectivity index (χ3v) is 9.09. The van der Waals surface area contributed by atoms with E-state index in [0.717, 1.165) is 13.1 Å². The molecule has 0 spiro atoms. The average Bonchev–Trinajstić information content (AvgIpc) is 3.26. The van der Waals surface area contributed by atoms with E-state index < -0.39 is 27.0 Å². The van der Waals surface area contributed by atoms with Gasteiger partial charge < -0.3 is 9.64 Å². The minimum Gasteiger partial charge on any atom is -0.378 e. The molecule has 0 amide bonds. The average molecular weight is 538 g/mol. The number of halogens is 2. The van der Waals surface area contributed by atoms with Gasteiger partial charge in [-0.2, -0.15) is 9.98 Å². The highest BCUT2D eigenvalue weighted by Crippen LogP contribution is 2.37. The number of ether oxygens (including phenoxy) is 1. The van der Waals surface area contributed by atoms with Gasteiger partial charge in [-0.1, -0.05) is 11.3 Å². The van der Waals surface area contributed by atoms with Crippen LogP contribution in [0, 0.1) is 11.3 Å². The van der Waals surface area contributed by atoms with Gasteiger partial charge in [0.2, 0.25) is 10.0 Å². The first-order chi connectivity index (χ1) is 17.3. The van der Waals surface area contributed by atoms with Gasteiger partial charge in [-0.25, -0.2) is 17.2 Å². The van der Waals surface area contributed by atoms with Crippen LogP contribution >= 0.6 is 11.3 Å². The number of hydrogen-bond donors (Lipinski definition) is 1. The van der Waals surface area contributed by atoms with Gasteiger partial charge in [-0.05, 0) is 18.9 Å². The molecular weight excluding hydrogens is 516 g/mol. The lowest BCUT2D eigenvalue weighted by Gasteiger charge is -2.44. The van der Waals surface area contributed by atoms with E-state index in [0.29, 0.717) is 61.8 Å². The van der Waals surface area contributed by atoms with Gasteiger partial charge in [0.15, 0.2) is 21.5 Å². The Morgan fingerprint density at radius 2 is 2.06 bits per heavy atom. The number of piperazine rings is 1. The number of nitrogens with one attached hydrogen (secondary N) is 1. The number of sulfonamides is 1. The van der Waals surface area contributed by atoms with Crippen LogP contribution in [0.2, 0.25) is 0 Å². The molecule has 2 saturated heterocycles. The summed E-state index contributed by atoms with van der Waals surface area (Å²) in [5.74, 6) is 0.105. The number of morpholine rings is 1. The van der Waals surface area contributed by atoms with Crippen molar-refractivity contribution in [2.24, 2.45) is 0 Å². The predicted octanol–water partition coefficient (Wildman–Crippen LogP) is 1.04. The van der Waals surface area contributed by atoms with Crippen molar-refractivity contribution < 1.29 is 21.9 Å². The van der Waals surface area contributed by atoms with Crippen molar-refractivity contribution >= 4 is 32.7 Å². The summed E-state index contributed by atoms with van der Waals surface area (Å²) in [6, 6.07) is 3.69. The molecule has 3 aromatic rings. The fourth-order valence-electron chi connectivity index (χ4n) is 4.53. The molecule has 190 valence electrons. The largest absolute Gasteiger partial charge is 0.378 e. The Morgan fingerprint density at radius 1 is 1.22 bits per heavy atom. The number of alkyl halides is 2. The van der Waals surface area contributed by atoms with E-state index in [1.807, 2.05) is 11.0 Å². The van der Waals surface area contributed by atoms with E-state index in [-0.39, 0.29) is 21.8 Å². The monoisotopic (exact) mass is 537 g/mol. The van der Waals surface area contributed by atoms with Crippen LogP contribution in [-0.2, 0) is 14.8 Å². The van der Waals surface area contributed by atoms with Crippen LogP contribution < -0.4 is 9.62 Å². The maximum atomic E-state index is 13.3. The minimum atomic E-state index is -4.09. The Kier molecular flexibility index (Phi) is 5.64. The van der Waals surface area contributed by atoms with Crippen LogP contribution in [0.25, 0.3) is 16.5 Å². The molecule has 1 saturated carbocycles. The molecule has 6 rings (SSSR count). The van der Waals surface area contributed by atoms with E-state index in [1.54, 1.807) is 0 Å². The van der Waals surface area contributed by atoms with Gasteiger partial charge in [0.25, 0.3) is 6.43 Å². The smallest absolute Gasteiger partial charge is 0.291 e. The highest BCUT2D eigenvalue weighted by molar-refractivity contribution is 7.89. The normalized spacial score (nSPS) is 22.1. The highest BCUT2D eigenvalue weighted by Gasteiger charge is 2.47. The lowest BCUT2D eigenvalue weighted by atomic mass is 10.1. The van der Waals surface area contributed by atoms with Crippen molar-refractivity contribution in [1.82, 2.24) is 34.4 Å². The summed E-state index contributed by atoms with van der Waals surface area (Å²) in [5, 5.41) is 24.8. The summed E-state index contributed by atoms with van der Waals surface area (Å²) in [6.45, 7) is 4.06. The number of nitriles is 1. The molecule has 0 aromatic carbocycles. The topological polar surface area (TPSA) is 142 Å². The SMILES string of the molecule is N#CC1(NS(=O)(=O)c2cc(N3CCN4CCOC[C@H]4C3)c3nnc(-c4nnc(C(F)F)s4)n3c2)CC1. The number of hydrogen-bond acceptors (Lipinski definition) is 11. The molecule has 16 heteroatoms. The Balaban J connectivity index is 1.46. The van der Waals surface area contributed by atoms with Crippen molar-refractivity contribution in [3.63, 3.8) is 0 Å². The van der Waals surface area contributed by atoms with Crippen LogP contribution in [0.1, 0.15) is 24.3 Å². The van der Waals surface area contributed by atoms with Crippen LogP contribution in [-0.4, -0.2) is 89.1 Å². The summed E-state index contributed by atoms with van der Waals surface area (Å²) in [7, 11) is -4.09. The Bertz CT molecular complexity index is 1460. The first-order valence-electron chi connectivity index (χ1n) is 11.3. The molecule has 12 nitrogen and oxygen atoms in total. The molecule has 1 atom stereocenters. The summed E-state index contributed by atoms with van der Waals surface area (Å²) in [4.78, 5) is 4.28. The van der Waals surface area contributed by atoms with Gasteiger partial charge >= 0.3 is 0 Å². The number of aromatic nitrogens is 5. The van der Waals surface area contributed by atoms with Crippen molar-refractivity contribution in [2.75, 3.05) is 44.3 Å². The van der Waals surface area contributed by atoms with Crippen LogP contribution in [0.4, 0.5) is 14.5 Å². The summed E-state index contributed by atoms with van der Waals surface area (Å²) < 4.78 is 62.5. The molecule has 36 heavy (non-hydrogen) atoms. The van der Waals surface area contributed by atoms with Gasteiger partial charge in [-0.3, -0.25) is 9.30 Å². The number of nitrogens with zero attached hydrogens (tertiary/aromatic N) is 8. The summed E-state index contributed by atoms with van der Waals surface area (Å²) in [6.07, 6.45) is -0.602. The molecule has 2 aliphatic heterocycles. The van der Waals surface area contributed by atoms with Crippen LogP contribution in [0.3, 0.4) is 0 Å². The Labute approximate surface area is 208 Å². The van der Waals surface area contributed by atoms with E-state index in [1.165, 1.54) is 16.7 Å². The maximum absolute atomic E-state index is 13.3. The fraction of sp³-hybridized carbons (Fsp3) is 0.550. The predicted molar refractivity (Wildman–Crippen MR) is 123 cm³/mol. The number of anilines is 1. The van der Waals surface area contributed by atoms with Crippen LogP contribution in [0.5, 0.6) is 0 Å². The Morgan fingerprint density at radius 3 is 2.78 bits per heavy atom. The number of rotatable bonds is 6. The fourth-order valence-corrected chi connectivity index (χ4v) is 6.61. The second-order valence-corrected chi connectivity index (χ2v) is 11.7. The molecule has 3 fully saturated rings. The zero-order valence-electron chi connectivity index (χ0n) is 18.8. The zero-order chi connectivity index (χ0) is 25.1. The van der Waals surface area contributed by atoms with Crippen molar-refractivity contribution in [3.8, 4) is 16.9 Å². The first-order valence-corrected chi connectivity index (χ1v) is 13.6. The third-order valence-electron chi connectivity index (χ3n) is 6.66. The highest BCUT2D eigenvalue weighted by atomic mass is 32.2. The lowest BCUT2D eigenvalue weighted by molar-refractivity contribution is -0.0116. The van der Waals surface area contributed by atoms with Gasteiger partial charge in [0.1, 0.15) is 10.4 Å². The molecule has 1 N–H and O–H groups in total. The molecule has 3 aliphatic rings. The number of fused-ring (bicyclic) bond motifs is 2. The third kappa shape index (κ3) is 4.10. The molecule has 1 aliphatic carbocycles. The molecular formula is C20H21F2N9O3S2. The van der Waals surface area contributed by atoms with Crippen LogP contribution in [0.15, 0.2) is 17.2 Å². The maximum Gasteiger partial charge on any atom is 0.291 e. The van der Waals surface area contributed by atoms with E-state index in [4.69, 9.17) is 4.74 Å². The van der Waals surface area contributed by atoms with E-state index in [9.17, 15) is 22.5 Å². The second-order valence-electron chi connectivity index (χ2n) is 9.03. The summed E-state index contributed by atoms with van der Waals surface area (Å²) in [5.41, 5.74) is -0.216. The molecule has 0 radical (unpaired) electrons. The molecule has 3 aromatic heterocycles. The van der Waals surface area contributed by atoms with Crippen molar-refractivity contribution in [1.29, 1.82) is 5.26 Å². The second kappa shape index (κ2) is 8.63. The first kappa shape index (κ1) is 23.6. The zero-order valence-corrected chi connectivity index (χ0v) is 20.5. The molecule has 0 unspecified atom stereocenters. The standard InChI is InChI=1S/C20H21F2N9O3S2/c21-15(22)18-26-27-19(35-18)17-25-24-16-14(30-4-3-29-5-6-34-10-12(29)8-30)7-13(9-31(16)17)36(32,33)28-20(11-23)1-2-20/h7,9,12,15,28H,1-6,8,10H2/t12-/m1/s1. The minimum absolute atomic E-state index is 0.0894. The van der Waals surface area contributed by atoms with Gasteiger partial charge in [0.05, 0.1) is 31.0 Å². The van der Waals surface area contributed by atoms with E-state index >= 15 is 0 Å². The van der Waals surface area contributed by atoms with E-state index in [2.05, 4.69) is 30.0 Å². The van der Waals surface area contributed by atoms with Crippen molar-refractivity contribution in [2.45, 2.75) is 35.7 Å². The van der Waals surface area contributed by atoms with Crippen molar-refractivity contribution in [3.05, 3.63) is 17.3 Å². The van der Waals surface area contributed by atoms with Gasteiger partial charge in [0, 0.05) is 32.4 Å². The quantitative estimate of drug-likeness (QED) is 0.485. The molecule has 5 heterocycles. The lowest BCUT2D eigenvalue weighted by Crippen LogP contribution is -2.58. The van der Waals surface area contributed by atoms with Gasteiger partial charge in [-0.15, -0.1) is 20.4 Å². The summed E-state index contributed by atoms with van der Waals surface area (Å²) >= 11 is 0.666. The number of pyridine rings is 1. The Hall–Kier alpha value is -2.84.